The summed E-state index contributed by atoms with van der Waals surface area (Å²) in [5.74, 6) is 1.47. The molecule has 3 aromatic carbocycles. The van der Waals surface area contributed by atoms with Crippen molar-refractivity contribution >= 4 is 28.6 Å². The largest absolute Gasteiger partial charge is 0.490 e. The molecule has 0 aliphatic carbocycles. The van der Waals surface area contributed by atoms with Gasteiger partial charge in [0.15, 0.2) is 0 Å². The SMILES string of the molecule is CCN(C)C(=N)/C=C/c1ccc(-c2ccc(Oc3ccc(N(C)S(=O)C(F)(F)F)cc3)cc2)cc1. The second-order valence-electron chi connectivity index (χ2n) is 7.67. The second kappa shape index (κ2) is 11.2. The van der Waals surface area contributed by atoms with Gasteiger partial charge in [0.05, 0.1) is 0 Å². The molecule has 1 atom stereocenters. The number of hydrogen-bond donors (Lipinski definition) is 1. The zero-order valence-corrected chi connectivity index (χ0v) is 20.4. The first kappa shape index (κ1) is 26.0. The number of halogens is 3. The van der Waals surface area contributed by atoms with E-state index in [2.05, 4.69) is 0 Å². The molecule has 1 N–H and O–H groups in total. The van der Waals surface area contributed by atoms with Crippen molar-refractivity contribution in [1.82, 2.24) is 4.90 Å². The lowest BCUT2D eigenvalue weighted by atomic mass is 10.0. The normalized spacial score (nSPS) is 12.4. The zero-order valence-electron chi connectivity index (χ0n) is 19.5. The van der Waals surface area contributed by atoms with Gasteiger partial charge in [-0.05, 0) is 66.1 Å². The molecule has 5 nitrogen and oxygen atoms in total. The van der Waals surface area contributed by atoms with Gasteiger partial charge in [0.1, 0.15) is 17.3 Å². The molecule has 184 valence electrons. The maximum Gasteiger partial charge on any atom is 0.490 e. The molecule has 3 aromatic rings. The molecule has 0 fully saturated rings. The molecule has 0 heterocycles. The Kier molecular flexibility index (Phi) is 8.34. The summed E-state index contributed by atoms with van der Waals surface area (Å²) < 4.78 is 55.9. The molecule has 3 rings (SSSR count). The summed E-state index contributed by atoms with van der Waals surface area (Å²) in [6.07, 6.45) is 3.67. The van der Waals surface area contributed by atoms with Crippen LogP contribution in [-0.2, 0) is 11.0 Å². The molecule has 0 spiro atoms. The van der Waals surface area contributed by atoms with E-state index in [1.54, 1.807) is 6.08 Å². The number of nitrogens with zero attached hydrogens (tertiary/aromatic N) is 2. The quantitative estimate of drug-likeness (QED) is 0.276. The maximum absolute atomic E-state index is 12.7. The van der Waals surface area contributed by atoms with Crippen molar-refractivity contribution < 1.29 is 22.1 Å². The predicted octanol–water partition coefficient (Wildman–Crippen LogP) is 6.71. The molecular weight excluding hydrogens is 475 g/mol. The van der Waals surface area contributed by atoms with E-state index >= 15 is 0 Å². The number of likely N-dealkylation sites (N-methyl/N-ethyl adjacent to an activating group) is 1. The third-order valence-corrected chi connectivity index (χ3v) is 6.40. The third-order valence-electron chi connectivity index (χ3n) is 5.30. The average molecular weight is 502 g/mol. The van der Waals surface area contributed by atoms with E-state index in [1.807, 2.05) is 73.5 Å². The van der Waals surface area contributed by atoms with E-state index in [0.717, 1.165) is 30.3 Å². The predicted molar refractivity (Wildman–Crippen MR) is 136 cm³/mol. The van der Waals surface area contributed by atoms with Crippen molar-refractivity contribution in [1.29, 1.82) is 5.41 Å². The van der Waals surface area contributed by atoms with E-state index in [1.165, 1.54) is 24.3 Å². The highest BCUT2D eigenvalue weighted by Gasteiger charge is 2.40. The van der Waals surface area contributed by atoms with Crippen LogP contribution in [0.3, 0.4) is 0 Å². The van der Waals surface area contributed by atoms with Gasteiger partial charge in [0.2, 0.25) is 11.0 Å². The molecule has 9 heteroatoms. The molecule has 0 aliphatic rings. The first-order valence-corrected chi connectivity index (χ1v) is 11.9. The molecular formula is C26H26F3N3O2S. The second-order valence-corrected chi connectivity index (χ2v) is 9.18. The van der Waals surface area contributed by atoms with E-state index in [-0.39, 0.29) is 5.69 Å². The molecule has 0 aromatic heterocycles. The fourth-order valence-corrected chi connectivity index (χ4v) is 3.71. The van der Waals surface area contributed by atoms with Crippen molar-refractivity contribution in [3.05, 3.63) is 84.4 Å². The van der Waals surface area contributed by atoms with Crippen LogP contribution in [0, 0.1) is 5.41 Å². The molecule has 0 saturated heterocycles. The van der Waals surface area contributed by atoms with Crippen LogP contribution in [0.4, 0.5) is 18.9 Å². The van der Waals surface area contributed by atoms with Crippen LogP contribution >= 0.6 is 0 Å². The molecule has 1 unspecified atom stereocenters. The maximum atomic E-state index is 12.7. The Morgan fingerprint density at radius 2 is 1.40 bits per heavy atom. The fraction of sp³-hybridized carbons (Fsp3) is 0.192. The number of alkyl halides is 3. The average Bonchev–Trinajstić information content (AvgIpc) is 2.86. The first-order valence-electron chi connectivity index (χ1n) is 10.8. The number of ether oxygens (including phenoxy) is 1. The first-order chi connectivity index (χ1) is 16.6. The van der Waals surface area contributed by atoms with Crippen LogP contribution in [0.25, 0.3) is 17.2 Å². The number of anilines is 1. The minimum absolute atomic E-state index is 0.163. The van der Waals surface area contributed by atoms with Crippen LogP contribution in [0.1, 0.15) is 12.5 Å². The van der Waals surface area contributed by atoms with Crippen LogP contribution < -0.4 is 9.04 Å². The van der Waals surface area contributed by atoms with E-state index in [4.69, 9.17) is 10.1 Å². The Hall–Kier alpha value is -3.59. The number of amidine groups is 1. The zero-order chi connectivity index (χ0) is 25.6. The lowest BCUT2D eigenvalue weighted by molar-refractivity contribution is -0.0385. The Bertz CT molecular complexity index is 1190. The van der Waals surface area contributed by atoms with Gasteiger partial charge in [0, 0.05) is 26.3 Å². The Morgan fingerprint density at radius 1 is 0.914 bits per heavy atom. The molecule has 0 radical (unpaired) electrons. The van der Waals surface area contributed by atoms with Gasteiger partial charge in [-0.15, -0.1) is 0 Å². The Morgan fingerprint density at radius 3 is 1.89 bits per heavy atom. The van der Waals surface area contributed by atoms with Gasteiger partial charge in [-0.1, -0.05) is 42.5 Å². The highest BCUT2D eigenvalue weighted by Crippen LogP contribution is 2.30. The summed E-state index contributed by atoms with van der Waals surface area (Å²) in [5, 5.41) is 7.96. The Labute approximate surface area is 205 Å². The van der Waals surface area contributed by atoms with Crippen molar-refractivity contribution in [3.63, 3.8) is 0 Å². The van der Waals surface area contributed by atoms with Gasteiger partial charge in [-0.25, -0.2) is 4.21 Å². The van der Waals surface area contributed by atoms with E-state index < -0.39 is 16.5 Å². The van der Waals surface area contributed by atoms with Crippen molar-refractivity contribution in [2.45, 2.75) is 12.4 Å². The monoisotopic (exact) mass is 501 g/mol. The number of rotatable bonds is 8. The van der Waals surface area contributed by atoms with Gasteiger partial charge >= 0.3 is 5.51 Å². The summed E-state index contributed by atoms with van der Waals surface area (Å²) in [6.45, 7) is 2.77. The molecule has 0 saturated carbocycles. The minimum Gasteiger partial charge on any atom is -0.457 e. The summed E-state index contributed by atoms with van der Waals surface area (Å²) in [5.41, 5.74) is -1.64. The van der Waals surface area contributed by atoms with Gasteiger partial charge in [-0.2, -0.15) is 13.2 Å². The third kappa shape index (κ3) is 6.95. The number of nitrogens with one attached hydrogen (secondary N) is 1. The van der Waals surface area contributed by atoms with Gasteiger partial charge < -0.3 is 9.64 Å². The van der Waals surface area contributed by atoms with E-state index in [0.29, 0.717) is 21.6 Å². The summed E-state index contributed by atoms with van der Waals surface area (Å²) in [7, 11) is -0.133. The van der Waals surface area contributed by atoms with E-state index in [9.17, 15) is 17.4 Å². The highest BCUT2D eigenvalue weighted by molar-refractivity contribution is 7.87. The highest BCUT2D eigenvalue weighted by atomic mass is 32.2. The molecule has 0 bridgehead atoms. The van der Waals surface area contributed by atoms with Crippen molar-refractivity contribution in [3.8, 4) is 22.6 Å². The van der Waals surface area contributed by atoms with Crippen LogP contribution in [0.5, 0.6) is 11.5 Å². The fourth-order valence-electron chi connectivity index (χ4n) is 3.09. The van der Waals surface area contributed by atoms with Crippen LogP contribution in [0.2, 0.25) is 0 Å². The molecule has 35 heavy (non-hydrogen) atoms. The smallest absolute Gasteiger partial charge is 0.457 e. The summed E-state index contributed by atoms with van der Waals surface area (Å²) in [4.78, 5) is 1.84. The lowest BCUT2D eigenvalue weighted by Crippen LogP contribution is -2.31. The number of hydrogen-bond acceptors (Lipinski definition) is 3. The standard InChI is InChI=1S/C26H26F3N3O2S/c1-4-31(2)25(30)18-7-19-5-8-20(9-6-19)21-10-14-23(15-11-21)34-24-16-12-22(13-17-24)32(3)35(33)26(27,28)29/h5-18,30H,4H2,1-3H3/b18-7+,30-25?. The van der Waals surface area contributed by atoms with Gasteiger partial charge in [-0.3, -0.25) is 9.71 Å². The van der Waals surface area contributed by atoms with Crippen molar-refractivity contribution in [2.75, 3.05) is 24.9 Å². The lowest BCUT2D eigenvalue weighted by Gasteiger charge is -2.19. The van der Waals surface area contributed by atoms with Crippen molar-refractivity contribution in [2.24, 2.45) is 0 Å². The summed E-state index contributed by atoms with van der Waals surface area (Å²) in [6, 6.07) is 21.3. The Balaban J connectivity index is 1.63. The topological polar surface area (TPSA) is 56.6 Å². The van der Waals surface area contributed by atoms with Crippen LogP contribution in [-0.4, -0.2) is 41.1 Å². The van der Waals surface area contributed by atoms with Crippen LogP contribution in [0.15, 0.2) is 78.9 Å². The summed E-state index contributed by atoms with van der Waals surface area (Å²) >= 11 is 0. The molecule has 0 aliphatic heterocycles. The minimum atomic E-state index is -4.82. The van der Waals surface area contributed by atoms with Gasteiger partial charge in [0.25, 0.3) is 0 Å². The molecule has 0 amide bonds. The number of benzene rings is 3.